The van der Waals surface area contributed by atoms with Crippen LogP contribution in [0.4, 0.5) is 11.6 Å². The Morgan fingerprint density at radius 3 is 2.74 bits per heavy atom. The lowest BCUT2D eigenvalue weighted by Gasteiger charge is -2.33. The minimum Gasteiger partial charge on any atom is -0.354 e. The minimum atomic E-state index is -0.257. The molecule has 1 saturated heterocycles. The van der Waals surface area contributed by atoms with Gasteiger partial charge in [-0.25, -0.2) is 14.6 Å². The van der Waals surface area contributed by atoms with E-state index in [1.807, 2.05) is 6.07 Å². The second-order valence-corrected chi connectivity index (χ2v) is 6.31. The lowest BCUT2D eigenvalue weighted by atomic mass is 10.2. The highest BCUT2D eigenvalue weighted by Crippen LogP contribution is 2.17. The number of likely N-dealkylation sites (N-methyl/N-ethyl adjacent to an activating group) is 1. The summed E-state index contributed by atoms with van der Waals surface area (Å²) in [6, 6.07) is 8.85. The molecule has 1 aromatic carbocycles. The SMILES string of the molecule is CN1CCN(c2cc(NC(=O)c3cccc(-n4cnnn4)c3)ncn2)CC1. The third-order valence-electron chi connectivity index (χ3n) is 4.44. The van der Waals surface area contributed by atoms with Crippen molar-refractivity contribution in [3.8, 4) is 5.69 Å². The van der Waals surface area contributed by atoms with Crippen LogP contribution in [-0.4, -0.2) is 74.2 Å². The molecule has 0 atom stereocenters. The van der Waals surface area contributed by atoms with Gasteiger partial charge in [-0.15, -0.1) is 5.10 Å². The van der Waals surface area contributed by atoms with Crippen molar-refractivity contribution >= 4 is 17.5 Å². The molecule has 0 saturated carbocycles. The van der Waals surface area contributed by atoms with Gasteiger partial charge in [0.1, 0.15) is 24.3 Å². The quantitative estimate of drug-likeness (QED) is 0.711. The number of carbonyl (C=O) groups is 1. The van der Waals surface area contributed by atoms with E-state index in [2.05, 4.69) is 47.7 Å². The smallest absolute Gasteiger partial charge is 0.256 e. The fourth-order valence-corrected chi connectivity index (χ4v) is 2.88. The van der Waals surface area contributed by atoms with Crippen molar-refractivity contribution < 1.29 is 4.79 Å². The van der Waals surface area contributed by atoms with Crippen LogP contribution in [0.1, 0.15) is 10.4 Å². The third-order valence-corrected chi connectivity index (χ3v) is 4.44. The van der Waals surface area contributed by atoms with Crippen LogP contribution in [0, 0.1) is 0 Å². The largest absolute Gasteiger partial charge is 0.354 e. The van der Waals surface area contributed by atoms with Gasteiger partial charge in [-0.3, -0.25) is 4.79 Å². The molecule has 0 unspecified atom stereocenters. The van der Waals surface area contributed by atoms with Gasteiger partial charge in [-0.1, -0.05) is 6.07 Å². The van der Waals surface area contributed by atoms with Crippen LogP contribution in [0.15, 0.2) is 43.0 Å². The molecule has 1 fully saturated rings. The van der Waals surface area contributed by atoms with Gasteiger partial charge in [0.15, 0.2) is 0 Å². The van der Waals surface area contributed by atoms with Crippen LogP contribution in [0.25, 0.3) is 5.69 Å². The summed E-state index contributed by atoms with van der Waals surface area (Å²) in [5, 5.41) is 13.9. The Kier molecular flexibility index (Phi) is 4.71. The highest BCUT2D eigenvalue weighted by atomic mass is 16.1. The van der Waals surface area contributed by atoms with Gasteiger partial charge in [0.25, 0.3) is 5.91 Å². The maximum atomic E-state index is 12.6. The average molecular weight is 365 g/mol. The van der Waals surface area contributed by atoms with Crippen molar-refractivity contribution in [3.63, 3.8) is 0 Å². The number of benzene rings is 1. The summed E-state index contributed by atoms with van der Waals surface area (Å²) in [5.41, 5.74) is 1.19. The van der Waals surface area contributed by atoms with Gasteiger partial charge < -0.3 is 15.1 Å². The molecule has 10 heteroatoms. The molecule has 2 aromatic heterocycles. The molecule has 0 bridgehead atoms. The molecule has 10 nitrogen and oxygen atoms in total. The van der Waals surface area contributed by atoms with E-state index in [-0.39, 0.29) is 5.91 Å². The first-order valence-electron chi connectivity index (χ1n) is 8.59. The summed E-state index contributed by atoms with van der Waals surface area (Å²) in [5.74, 6) is 1.03. The van der Waals surface area contributed by atoms with E-state index in [0.717, 1.165) is 32.0 Å². The van der Waals surface area contributed by atoms with Crippen LogP contribution >= 0.6 is 0 Å². The van der Waals surface area contributed by atoms with Crippen molar-refractivity contribution in [1.82, 2.24) is 35.1 Å². The van der Waals surface area contributed by atoms with Crippen molar-refractivity contribution in [2.45, 2.75) is 0 Å². The first-order chi connectivity index (χ1) is 13.2. The average Bonchev–Trinajstić information content (AvgIpc) is 3.24. The third kappa shape index (κ3) is 3.90. The summed E-state index contributed by atoms with van der Waals surface area (Å²) < 4.78 is 1.49. The Labute approximate surface area is 155 Å². The molecule has 0 aliphatic carbocycles. The van der Waals surface area contributed by atoms with E-state index in [4.69, 9.17) is 0 Å². The summed E-state index contributed by atoms with van der Waals surface area (Å²) in [7, 11) is 2.10. The lowest BCUT2D eigenvalue weighted by Crippen LogP contribution is -2.44. The number of carbonyl (C=O) groups excluding carboxylic acids is 1. The fourth-order valence-electron chi connectivity index (χ4n) is 2.88. The highest BCUT2D eigenvalue weighted by Gasteiger charge is 2.16. The van der Waals surface area contributed by atoms with Crippen LogP contribution in [0.3, 0.4) is 0 Å². The monoisotopic (exact) mass is 365 g/mol. The highest BCUT2D eigenvalue weighted by molar-refractivity contribution is 6.04. The fraction of sp³-hybridized carbons (Fsp3) is 0.294. The molecule has 0 spiro atoms. The Balaban J connectivity index is 1.48. The van der Waals surface area contributed by atoms with E-state index >= 15 is 0 Å². The molecule has 1 N–H and O–H groups in total. The number of piperazine rings is 1. The number of aromatic nitrogens is 6. The Morgan fingerprint density at radius 2 is 1.96 bits per heavy atom. The van der Waals surface area contributed by atoms with E-state index in [1.165, 1.54) is 17.3 Å². The van der Waals surface area contributed by atoms with Crippen molar-refractivity contribution in [2.75, 3.05) is 43.4 Å². The van der Waals surface area contributed by atoms with E-state index < -0.39 is 0 Å². The van der Waals surface area contributed by atoms with Gasteiger partial charge in [-0.05, 0) is 35.7 Å². The topological polar surface area (TPSA) is 105 Å². The summed E-state index contributed by atoms with van der Waals surface area (Å²) in [4.78, 5) is 25.6. The first-order valence-corrected chi connectivity index (χ1v) is 8.59. The zero-order valence-electron chi connectivity index (χ0n) is 14.9. The van der Waals surface area contributed by atoms with Crippen LogP contribution in [-0.2, 0) is 0 Å². The number of nitrogens with one attached hydrogen (secondary N) is 1. The number of hydrogen-bond acceptors (Lipinski definition) is 8. The predicted molar refractivity (Wildman–Crippen MR) is 98.8 cm³/mol. The number of rotatable bonds is 4. The van der Waals surface area contributed by atoms with E-state index in [9.17, 15) is 4.79 Å². The second kappa shape index (κ2) is 7.46. The molecule has 3 heterocycles. The molecule has 1 aliphatic heterocycles. The Bertz CT molecular complexity index is 920. The summed E-state index contributed by atoms with van der Waals surface area (Å²) >= 11 is 0. The van der Waals surface area contributed by atoms with Crippen molar-refractivity contribution in [1.29, 1.82) is 0 Å². The molecule has 1 aliphatic rings. The maximum absolute atomic E-state index is 12.6. The number of hydrogen-bond donors (Lipinski definition) is 1. The number of amides is 1. The Hall–Kier alpha value is -3.40. The van der Waals surface area contributed by atoms with Gasteiger partial charge in [0.2, 0.25) is 0 Å². The van der Waals surface area contributed by atoms with E-state index in [1.54, 1.807) is 24.3 Å². The summed E-state index contributed by atoms with van der Waals surface area (Å²) in [6.45, 7) is 3.76. The minimum absolute atomic E-state index is 0.257. The van der Waals surface area contributed by atoms with Gasteiger partial charge in [0, 0.05) is 37.8 Å². The number of anilines is 2. The molecule has 0 radical (unpaired) electrons. The number of nitrogens with zero attached hydrogens (tertiary/aromatic N) is 8. The lowest BCUT2D eigenvalue weighted by molar-refractivity contribution is 0.102. The van der Waals surface area contributed by atoms with E-state index in [0.29, 0.717) is 17.1 Å². The molecular weight excluding hydrogens is 346 g/mol. The Morgan fingerprint density at radius 1 is 1.11 bits per heavy atom. The zero-order valence-corrected chi connectivity index (χ0v) is 14.9. The molecule has 27 heavy (non-hydrogen) atoms. The number of tetrazole rings is 1. The van der Waals surface area contributed by atoms with Gasteiger partial charge >= 0.3 is 0 Å². The summed E-state index contributed by atoms with van der Waals surface area (Å²) in [6.07, 6.45) is 2.95. The van der Waals surface area contributed by atoms with Crippen molar-refractivity contribution in [3.05, 3.63) is 48.5 Å². The van der Waals surface area contributed by atoms with Crippen LogP contribution in [0.2, 0.25) is 0 Å². The van der Waals surface area contributed by atoms with Crippen molar-refractivity contribution in [2.24, 2.45) is 0 Å². The molecule has 138 valence electrons. The zero-order chi connectivity index (χ0) is 18.6. The maximum Gasteiger partial charge on any atom is 0.256 e. The van der Waals surface area contributed by atoms with Gasteiger partial charge in [0.05, 0.1) is 5.69 Å². The van der Waals surface area contributed by atoms with Crippen LogP contribution in [0.5, 0.6) is 0 Å². The predicted octanol–water partition coefficient (Wildman–Crippen LogP) is 0.456. The standard InChI is InChI=1S/C17H19N9O/c1-24-5-7-25(8-6-24)16-10-15(18-11-19-16)21-17(27)13-3-2-4-14(9-13)26-12-20-22-23-26/h2-4,9-12H,5-8H2,1H3,(H,18,19,21,27). The van der Waals surface area contributed by atoms with Crippen LogP contribution < -0.4 is 10.2 Å². The molecule has 4 rings (SSSR count). The first kappa shape index (κ1) is 17.0. The van der Waals surface area contributed by atoms with Gasteiger partial charge in [-0.2, -0.15) is 0 Å². The second-order valence-electron chi connectivity index (χ2n) is 6.31. The normalized spacial score (nSPS) is 14.9. The molecular formula is C17H19N9O. The molecule has 3 aromatic rings. The molecule has 1 amide bonds.